The molecule has 1 aliphatic rings. The predicted molar refractivity (Wildman–Crippen MR) is 73.0 cm³/mol. The topological polar surface area (TPSA) is 64.9 Å². The first-order valence-electron chi connectivity index (χ1n) is 6.21. The molecule has 0 fully saturated rings. The molecule has 0 bridgehead atoms. The molecule has 4 nitrogen and oxygen atoms in total. The van der Waals surface area contributed by atoms with E-state index in [1.807, 2.05) is 36.4 Å². The number of halogens is 1. The van der Waals surface area contributed by atoms with E-state index in [2.05, 4.69) is 10.1 Å². The van der Waals surface area contributed by atoms with Crippen LogP contribution in [0, 0.1) is 0 Å². The van der Waals surface area contributed by atoms with Crippen LogP contribution in [0.1, 0.15) is 29.6 Å². The molecule has 2 aromatic rings. The van der Waals surface area contributed by atoms with E-state index >= 15 is 0 Å². The van der Waals surface area contributed by atoms with Gasteiger partial charge in [0.15, 0.2) is 5.82 Å². The molecule has 1 aromatic heterocycles. The summed E-state index contributed by atoms with van der Waals surface area (Å²) in [6.07, 6.45) is 5.46. The largest absolute Gasteiger partial charge is 0.339 e. The van der Waals surface area contributed by atoms with E-state index in [9.17, 15) is 0 Å². The van der Waals surface area contributed by atoms with Gasteiger partial charge in [0, 0.05) is 17.5 Å². The van der Waals surface area contributed by atoms with Gasteiger partial charge >= 0.3 is 0 Å². The van der Waals surface area contributed by atoms with Gasteiger partial charge in [0.1, 0.15) is 0 Å². The molecule has 1 aromatic carbocycles. The summed E-state index contributed by atoms with van der Waals surface area (Å²) in [5.74, 6) is 1.46. The highest BCUT2D eigenvalue weighted by molar-refractivity contribution is 6.30. The Hall–Kier alpha value is -1.65. The summed E-state index contributed by atoms with van der Waals surface area (Å²) in [4.78, 5) is 4.42. The summed E-state index contributed by atoms with van der Waals surface area (Å²) in [5.41, 5.74) is 6.89. The maximum absolute atomic E-state index is 5.95. The molecule has 2 atom stereocenters. The Morgan fingerprint density at radius 1 is 1.37 bits per heavy atom. The monoisotopic (exact) mass is 275 g/mol. The average molecular weight is 276 g/mol. The lowest BCUT2D eigenvalue weighted by molar-refractivity contribution is 0.360. The highest BCUT2D eigenvalue weighted by Gasteiger charge is 2.22. The minimum atomic E-state index is 0.0910. The summed E-state index contributed by atoms with van der Waals surface area (Å²) in [6, 6.07) is 7.75. The molecule has 3 rings (SSSR count). The average Bonchev–Trinajstić information content (AvgIpc) is 2.98. The molecule has 0 spiro atoms. The van der Waals surface area contributed by atoms with Crippen molar-refractivity contribution in [2.75, 3.05) is 0 Å². The maximum atomic E-state index is 5.95. The van der Waals surface area contributed by atoms with Gasteiger partial charge in [-0.2, -0.15) is 4.98 Å². The highest BCUT2D eigenvalue weighted by Crippen LogP contribution is 2.26. The Kier molecular flexibility index (Phi) is 3.36. The van der Waals surface area contributed by atoms with Gasteiger partial charge in [-0.05, 0) is 24.1 Å². The third kappa shape index (κ3) is 2.85. The number of aromatic nitrogens is 2. The number of rotatable bonds is 3. The van der Waals surface area contributed by atoms with Crippen molar-refractivity contribution < 1.29 is 4.52 Å². The molecule has 0 aliphatic heterocycles. The maximum Gasteiger partial charge on any atom is 0.233 e. The van der Waals surface area contributed by atoms with E-state index in [1.165, 1.54) is 0 Å². The number of allylic oxidation sites excluding steroid dienone is 1. The predicted octanol–water partition coefficient (Wildman–Crippen LogP) is 2.68. The minimum Gasteiger partial charge on any atom is -0.339 e. The molecule has 0 radical (unpaired) electrons. The fraction of sp³-hybridized carbons (Fsp3) is 0.286. The Morgan fingerprint density at radius 3 is 3.00 bits per heavy atom. The van der Waals surface area contributed by atoms with Crippen LogP contribution in [0.5, 0.6) is 0 Å². The lowest BCUT2D eigenvalue weighted by atomic mass is 10.1. The Morgan fingerprint density at radius 2 is 2.26 bits per heavy atom. The van der Waals surface area contributed by atoms with Crippen molar-refractivity contribution in [3.05, 3.63) is 58.7 Å². The van der Waals surface area contributed by atoms with Crippen LogP contribution in [0.2, 0.25) is 5.02 Å². The molecule has 98 valence electrons. The van der Waals surface area contributed by atoms with Gasteiger partial charge in [0.25, 0.3) is 0 Å². The van der Waals surface area contributed by atoms with E-state index in [4.69, 9.17) is 21.9 Å². The van der Waals surface area contributed by atoms with Gasteiger partial charge in [0.05, 0.1) is 5.92 Å². The zero-order valence-corrected chi connectivity index (χ0v) is 11.0. The quantitative estimate of drug-likeness (QED) is 0.875. The van der Waals surface area contributed by atoms with Gasteiger partial charge in [-0.1, -0.05) is 41.0 Å². The van der Waals surface area contributed by atoms with Crippen LogP contribution < -0.4 is 5.73 Å². The second kappa shape index (κ2) is 5.15. The number of hydrogen-bond acceptors (Lipinski definition) is 4. The summed E-state index contributed by atoms with van der Waals surface area (Å²) in [7, 11) is 0. The zero-order chi connectivity index (χ0) is 13.2. The minimum absolute atomic E-state index is 0.0910. The van der Waals surface area contributed by atoms with Crippen molar-refractivity contribution in [2.24, 2.45) is 5.73 Å². The van der Waals surface area contributed by atoms with Crippen LogP contribution in [0.3, 0.4) is 0 Å². The van der Waals surface area contributed by atoms with Crippen LogP contribution >= 0.6 is 11.6 Å². The molecule has 2 unspecified atom stereocenters. The molecule has 0 saturated carbocycles. The third-order valence-electron chi connectivity index (χ3n) is 3.17. The van der Waals surface area contributed by atoms with Crippen LogP contribution in [-0.4, -0.2) is 16.2 Å². The summed E-state index contributed by atoms with van der Waals surface area (Å²) >= 11 is 5.95. The van der Waals surface area contributed by atoms with Crippen molar-refractivity contribution in [3.8, 4) is 0 Å². The van der Waals surface area contributed by atoms with E-state index in [0.29, 0.717) is 23.2 Å². The Bertz CT molecular complexity index is 608. The van der Waals surface area contributed by atoms with Crippen LogP contribution in [0.15, 0.2) is 40.9 Å². The van der Waals surface area contributed by atoms with Crippen LogP contribution in [-0.2, 0) is 6.42 Å². The lowest BCUT2D eigenvalue weighted by Gasteiger charge is -2.02. The number of benzene rings is 1. The van der Waals surface area contributed by atoms with Gasteiger partial charge in [0.2, 0.25) is 5.89 Å². The summed E-state index contributed by atoms with van der Waals surface area (Å²) in [6.45, 7) is 0. The van der Waals surface area contributed by atoms with Gasteiger partial charge < -0.3 is 10.3 Å². The third-order valence-corrected chi connectivity index (χ3v) is 3.40. The fourth-order valence-electron chi connectivity index (χ4n) is 2.23. The molecule has 0 saturated heterocycles. The molecular weight excluding hydrogens is 262 g/mol. The Balaban J connectivity index is 1.73. The van der Waals surface area contributed by atoms with Gasteiger partial charge in [-0.25, -0.2) is 0 Å². The SMILES string of the molecule is NC1C=CC(c2nc(Cc3cccc(Cl)c3)no2)C1. The van der Waals surface area contributed by atoms with Crippen molar-refractivity contribution in [3.63, 3.8) is 0 Å². The van der Waals surface area contributed by atoms with Crippen LogP contribution in [0.4, 0.5) is 0 Å². The number of nitrogens with two attached hydrogens (primary N) is 1. The molecule has 0 amide bonds. The first-order chi connectivity index (χ1) is 9.20. The lowest BCUT2D eigenvalue weighted by Crippen LogP contribution is -2.14. The van der Waals surface area contributed by atoms with Gasteiger partial charge in [-0.3, -0.25) is 0 Å². The zero-order valence-electron chi connectivity index (χ0n) is 10.3. The molecule has 5 heteroatoms. The molecular formula is C14H14ClN3O. The molecule has 1 heterocycles. The highest BCUT2D eigenvalue weighted by atomic mass is 35.5. The van der Waals surface area contributed by atoms with Crippen molar-refractivity contribution >= 4 is 11.6 Å². The molecule has 2 N–H and O–H groups in total. The number of hydrogen-bond donors (Lipinski definition) is 1. The van der Waals surface area contributed by atoms with E-state index in [1.54, 1.807) is 0 Å². The smallest absolute Gasteiger partial charge is 0.233 e. The first kappa shape index (κ1) is 12.4. The fourth-order valence-corrected chi connectivity index (χ4v) is 2.44. The van der Waals surface area contributed by atoms with Gasteiger partial charge in [-0.15, -0.1) is 0 Å². The molecule has 19 heavy (non-hydrogen) atoms. The summed E-state index contributed by atoms with van der Waals surface area (Å²) in [5, 5.41) is 4.72. The second-order valence-electron chi connectivity index (χ2n) is 4.75. The Labute approximate surface area is 116 Å². The second-order valence-corrected chi connectivity index (χ2v) is 5.18. The van der Waals surface area contributed by atoms with E-state index in [0.717, 1.165) is 12.0 Å². The molecule has 1 aliphatic carbocycles. The first-order valence-corrected chi connectivity index (χ1v) is 6.59. The van der Waals surface area contributed by atoms with E-state index < -0.39 is 0 Å². The van der Waals surface area contributed by atoms with Crippen molar-refractivity contribution in [2.45, 2.75) is 24.8 Å². The van der Waals surface area contributed by atoms with E-state index in [-0.39, 0.29) is 12.0 Å². The number of nitrogens with zero attached hydrogens (tertiary/aromatic N) is 2. The standard InChI is InChI=1S/C14H14ClN3O/c15-11-3-1-2-9(6-11)7-13-17-14(19-18-13)10-4-5-12(16)8-10/h1-6,10,12H,7-8,16H2. The normalized spacial score (nSPS) is 22.0. The van der Waals surface area contributed by atoms with Crippen LogP contribution in [0.25, 0.3) is 0 Å². The van der Waals surface area contributed by atoms with Crippen molar-refractivity contribution in [1.29, 1.82) is 0 Å². The summed E-state index contributed by atoms with van der Waals surface area (Å²) < 4.78 is 5.30. The van der Waals surface area contributed by atoms with Crippen molar-refractivity contribution in [1.82, 2.24) is 10.1 Å².